The average molecular weight is 282 g/mol. The molecule has 1 aromatic carbocycles. The fourth-order valence-corrected chi connectivity index (χ4v) is 1.61. The zero-order valence-electron chi connectivity index (χ0n) is 10.1. The van der Waals surface area contributed by atoms with Crippen LogP contribution in [0.5, 0.6) is 0 Å². The molecule has 1 rings (SSSR count). The van der Waals surface area contributed by atoms with E-state index in [9.17, 15) is 9.59 Å². The summed E-state index contributed by atoms with van der Waals surface area (Å²) in [6.07, 6.45) is -0.165. The van der Waals surface area contributed by atoms with Gasteiger partial charge in [-0.15, -0.1) is 0 Å². The van der Waals surface area contributed by atoms with E-state index in [4.69, 9.17) is 22.0 Å². The van der Waals surface area contributed by atoms with Gasteiger partial charge in [0.25, 0.3) is 0 Å². The Morgan fingerprint density at radius 2 is 2.21 bits per heavy atom. The molecule has 7 heteroatoms. The van der Waals surface area contributed by atoms with Crippen LogP contribution in [0.15, 0.2) is 18.2 Å². The third-order valence-electron chi connectivity index (χ3n) is 2.21. The maximum Gasteiger partial charge on any atom is 0.319 e. The van der Waals surface area contributed by atoms with E-state index in [0.717, 1.165) is 0 Å². The number of aliphatic carboxylic acids is 1. The van der Waals surface area contributed by atoms with Crippen LogP contribution >= 0.6 is 11.6 Å². The van der Waals surface area contributed by atoms with Crippen molar-refractivity contribution in [3.05, 3.63) is 28.8 Å². The molecule has 0 bridgehead atoms. The van der Waals surface area contributed by atoms with Gasteiger partial charge in [0.15, 0.2) is 0 Å². The van der Waals surface area contributed by atoms with Gasteiger partial charge < -0.3 is 15.7 Å². The number of nitrogens with one attached hydrogen (secondary N) is 2. The predicted octanol–water partition coefficient (Wildman–Crippen LogP) is 2.20. The summed E-state index contributed by atoms with van der Waals surface area (Å²) < 4.78 is 0. The van der Waals surface area contributed by atoms with Gasteiger partial charge in [-0.25, -0.2) is 4.79 Å². The summed E-state index contributed by atoms with van der Waals surface area (Å²) in [4.78, 5) is 22.0. The summed E-state index contributed by atoms with van der Waals surface area (Å²) in [5.74, 6) is -0.991. The maximum atomic E-state index is 11.5. The minimum Gasteiger partial charge on any atom is -0.481 e. The number of hydrogen-bond donors (Lipinski definition) is 3. The molecule has 19 heavy (non-hydrogen) atoms. The highest BCUT2D eigenvalue weighted by Gasteiger charge is 2.11. The number of benzene rings is 1. The van der Waals surface area contributed by atoms with Crippen LogP contribution in [0.25, 0.3) is 0 Å². The maximum absolute atomic E-state index is 11.5. The monoisotopic (exact) mass is 281 g/mol. The number of nitriles is 1. The lowest BCUT2D eigenvalue weighted by Crippen LogP contribution is -2.37. The number of carbonyl (C=O) groups is 2. The van der Waals surface area contributed by atoms with Crippen molar-refractivity contribution in [3.63, 3.8) is 0 Å². The molecule has 1 unspecified atom stereocenters. The first-order valence-corrected chi connectivity index (χ1v) is 5.79. The van der Waals surface area contributed by atoms with E-state index < -0.39 is 18.0 Å². The number of anilines is 1. The fourth-order valence-electron chi connectivity index (χ4n) is 1.39. The van der Waals surface area contributed by atoms with Crippen molar-refractivity contribution < 1.29 is 14.7 Å². The van der Waals surface area contributed by atoms with E-state index in [1.54, 1.807) is 6.92 Å². The quantitative estimate of drug-likeness (QED) is 0.787. The summed E-state index contributed by atoms with van der Waals surface area (Å²) in [5.41, 5.74) is 0.732. The van der Waals surface area contributed by atoms with E-state index in [1.165, 1.54) is 18.2 Å². The predicted molar refractivity (Wildman–Crippen MR) is 70.0 cm³/mol. The number of hydrogen-bond acceptors (Lipinski definition) is 3. The Morgan fingerprint density at radius 3 is 2.74 bits per heavy atom. The fraction of sp³-hybridized carbons (Fsp3) is 0.250. The molecule has 1 aromatic rings. The second-order valence-electron chi connectivity index (χ2n) is 3.90. The van der Waals surface area contributed by atoms with Crippen LogP contribution in [-0.4, -0.2) is 23.1 Å². The van der Waals surface area contributed by atoms with Crippen molar-refractivity contribution in [3.8, 4) is 6.07 Å². The highest BCUT2D eigenvalue weighted by atomic mass is 35.5. The first-order chi connectivity index (χ1) is 8.92. The van der Waals surface area contributed by atoms with E-state index in [1.807, 2.05) is 6.07 Å². The van der Waals surface area contributed by atoms with Crippen LogP contribution in [0.4, 0.5) is 10.5 Å². The number of urea groups is 1. The minimum absolute atomic E-state index is 0.165. The van der Waals surface area contributed by atoms with Crippen LogP contribution in [0, 0.1) is 11.3 Å². The smallest absolute Gasteiger partial charge is 0.319 e. The van der Waals surface area contributed by atoms with Crippen molar-refractivity contribution in [1.29, 1.82) is 5.26 Å². The first kappa shape index (κ1) is 14.8. The molecular formula is C12H12ClN3O3. The Hall–Kier alpha value is -2.26. The molecule has 2 amide bonds. The number of amides is 2. The van der Waals surface area contributed by atoms with Crippen molar-refractivity contribution in [2.75, 3.05) is 5.32 Å². The minimum atomic E-state index is -0.991. The van der Waals surface area contributed by atoms with Gasteiger partial charge >= 0.3 is 12.0 Å². The Balaban J connectivity index is 2.60. The van der Waals surface area contributed by atoms with Crippen LogP contribution in [-0.2, 0) is 4.79 Å². The second kappa shape index (κ2) is 6.61. The Kier molecular flexibility index (Phi) is 5.15. The SMILES string of the molecule is CC(CC(=O)O)NC(=O)Nc1ccc(C#N)c(Cl)c1. The average Bonchev–Trinajstić information content (AvgIpc) is 2.27. The lowest BCUT2D eigenvalue weighted by atomic mass is 10.2. The molecule has 3 N–H and O–H groups in total. The van der Waals surface area contributed by atoms with Gasteiger partial charge in [0.05, 0.1) is 17.0 Å². The van der Waals surface area contributed by atoms with E-state index >= 15 is 0 Å². The number of halogens is 1. The lowest BCUT2D eigenvalue weighted by Gasteiger charge is -2.12. The number of rotatable bonds is 4. The Morgan fingerprint density at radius 1 is 1.53 bits per heavy atom. The van der Waals surface area contributed by atoms with E-state index in [-0.39, 0.29) is 11.4 Å². The second-order valence-corrected chi connectivity index (χ2v) is 4.31. The molecule has 100 valence electrons. The summed E-state index contributed by atoms with van der Waals surface area (Å²) in [5, 5.41) is 22.5. The van der Waals surface area contributed by atoms with Crippen molar-refractivity contribution in [2.24, 2.45) is 0 Å². The number of carboxylic acids is 1. The van der Waals surface area contributed by atoms with Crippen LogP contribution in [0.3, 0.4) is 0 Å². The van der Waals surface area contributed by atoms with Gasteiger partial charge in [0, 0.05) is 11.7 Å². The molecule has 0 aliphatic carbocycles. The molecule has 0 radical (unpaired) electrons. The normalized spacial score (nSPS) is 11.2. The summed E-state index contributed by atoms with van der Waals surface area (Å²) >= 11 is 5.82. The first-order valence-electron chi connectivity index (χ1n) is 5.41. The Labute approximate surface area is 115 Å². The van der Waals surface area contributed by atoms with Crippen LogP contribution in [0.1, 0.15) is 18.9 Å². The van der Waals surface area contributed by atoms with Crippen LogP contribution in [0.2, 0.25) is 5.02 Å². The Bertz CT molecular complexity index is 540. The van der Waals surface area contributed by atoms with Gasteiger partial charge in [-0.05, 0) is 25.1 Å². The van der Waals surface area contributed by atoms with Crippen molar-refractivity contribution >= 4 is 29.3 Å². The number of carbonyl (C=O) groups excluding carboxylic acids is 1. The molecular weight excluding hydrogens is 270 g/mol. The summed E-state index contributed by atoms with van der Waals surface area (Å²) in [7, 11) is 0. The number of nitrogens with zero attached hydrogens (tertiary/aromatic N) is 1. The molecule has 0 heterocycles. The van der Waals surface area contributed by atoms with Gasteiger partial charge in [-0.2, -0.15) is 5.26 Å². The highest BCUT2D eigenvalue weighted by Crippen LogP contribution is 2.20. The van der Waals surface area contributed by atoms with Gasteiger partial charge in [-0.3, -0.25) is 4.79 Å². The zero-order chi connectivity index (χ0) is 14.4. The van der Waals surface area contributed by atoms with Gasteiger partial charge in [0.1, 0.15) is 6.07 Å². The molecule has 0 fully saturated rings. The molecule has 0 spiro atoms. The van der Waals surface area contributed by atoms with Crippen LogP contribution < -0.4 is 10.6 Å². The molecule has 0 saturated heterocycles. The molecule has 0 saturated carbocycles. The topological polar surface area (TPSA) is 102 Å². The van der Waals surface area contributed by atoms with E-state index in [2.05, 4.69) is 10.6 Å². The summed E-state index contributed by atoms with van der Waals surface area (Å²) in [6, 6.07) is 5.34. The third-order valence-corrected chi connectivity index (χ3v) is 2.52. The standard InChI is InChI=1S/C12H12ClN3O3/c1-7(4-11(17)18)15-12(19)16-9-3-2-8(6-14)10(13)5-9/h2-3,5,7H,4H2,1H3,(H,17,18)(H2,15,16,19). The van der Waals surface area contributed by atoms with Crippen molar-refractivity contribution in [2.45, 2.75) is 19.4 Å². The van der Waals surface area contributed by atoms with E-state index in [0.29, 0.717) is 11.3 Å². The summed E-state index contributed by atoms with van der Waals surface area (Å²) in [6.45, 7) is 1.58. The largest absolute Gasteiger partial charge is 0.481 e. The zero-order valence-corrected chi connectivity index (χ0v) is 10.9. The lowest BCUT2D eigenvalue weighted by molar-refractivity contribution is -0.137. The van der Waals surface area contributed by atoms with Crippen molar-refractivity contribution in [1.82, 2.24) is 5.32 Å². The third kappa shape index (κ3) is 4.85. The van der Waals surface area contributed by atoms with Gasteiger partial charge in [-0.1, -0.05) is 11.6 Å². The molecule has 6 nitrogen and oxygen atoms in total. The molecule has 0 aromatic heterocycles. The number of carboxylic acid groups (broad SMARTS) is 1. The highest BCUT2D eigenvalue weighted by molar-refractivity contribution is 6.32. The molecule has 0 aliphatic rings. The van der Waals surface area contributed by atoms with Gasteiger partial charge in [0.2, 0.25) is 0 Å². The molecule has 1 atom stereocenters. The molecule has 0 aliphatic heterocycles.